The van der Waals surface area contributed by atoms with Crippen LogP contribution in [0, 0.1) is 0 Å². The van der Waals surface area contributed by atoms with E-state index in [4.69, 9.17) is 18.9 Å². The molecule has 3 aromatic carbocycles. The second-order valence-corrected chi connectivity index (χ2v) is 7.86. The van der Waals surface area contributed by atoms with Crippen molar-refractivity contribution >= 4 is 17.6 Å². The van der Waals surface area contributed by atoms with Crippen molar-refractivity contribution < 1.29 is 28.5 Å². The van der Waals surface area contributed by atoms with Crippen LogP contribution in [0.5, 0.6) is 23.0 Å². The van der Waals surface area contributed by atoms with Gasteiger partial charge in [-0.3, -0.25) is 4.79 Å². The molecule has 1 heterocycles. The molecule has 4 rings (SSSR count). The number of methoxy groups -OCH3 is 3. The van der Waals surface area contributed by atoms with Crippen LogP contribution in [0.25, 0.3) is 0 Å². The molecule has 0 N–H and O–H groups in total. The number of benzene rings is 3. The number of hydrogen-bond acceptors (Lipinski definition) is 7. The summed E-state index contributed by atoms with van der Waals surface area (Å²) in [6, 6.07) is 19.1. The standard InChI is InChI=1S/C27H26N2O6/c1-17(30)29-23(19-10-13-24(33-3)26(14-19)34-4)16-22(28-29)21-12-11-20(32-2)15-25(21)35-27(31)18-8-6-5-7-9-18/h5-15,23H,16H2,1-4H3. The third-order valence-corrected chi connectivity index (χ3v) is 5.74. The molecule has 0 fully saturated rings. The summed E-state index contributed by atoms with van der Waals surface area (Å²) < 4.78 is 21.9. The van der Waals surface area contributed by atoms with Crippen LogP contribution >= 0.6 is 0 Å². The van der Waals surface area contributed by atoms with Gasteiger partial charge < -0.3 is 18.9 Å². The number of esters is 1. The van der Waals surface area contributed by atoms with E-state index in [0.717, 1.165) is 5.56 Å². The Morgan fingerprint density at radius 3 is 2.26 bits per heavy atom. The topological polar surface area (TPSA) is 86.7 Å². The molecule has 180 valence electrons. The van der Waals surface area contributed by atoms with Gasteiger partial charge >= 0.3 is 5.97 Å². The van der Waals surface area contributed by atoms with Gasteiger partial charge in [-0.05, 0) is 42.0 Å². The number of nitrogens with zero attached hydrogens (tertiary/aromatic N) is 2. The number of carbonyl (C=O) groups excluding carboxylic acids is 2. The Morgan fingerprint density at radius 1 is 0.857 bits per heavy atom. The largest absolute Gasteiger partial charge is 0.497 e. The summed E-state index contributed by atoms with van der Waals surface area (Å²) in [5.74, 6) is 1.27. The van der Waals surface area contributed by atoms with Crippen LogP contribution in [-0.2, 0) is 4.79 Å². The summed E-state index contributed by atoms with van der Waals surface area (Å²) in [6.07, 6.45) is 0.414. The first-order valence-electron chi connectivity index (χ1n) is 11.0. The van der Waals surface area contributed by atoms with Gasteiger partial charge in [0, 0.05) is 25.0 Å². The predicted molar refractivity (Wildman–Crippen MR) is 130 cm³/mol. The molecule has 0 saturated heterocycles. The average molecular weight is 475 g/mol. The smallest absolute Gasteiger partial charge is 0.343 e. The molecule has 8 nitrogen and oxygen atoms in total. The zero-order valence-corrected chi connectivity index (χ0v) is 20.0. The highest BCUT2D eigenvalue weighted by Gasteiger charge is 2.33. The Balaban J connectivity index is 1.70. The summed E-state index contributed by atoms with van der Waals surface area (Å²) in [4.78, 5) is 25.3. The van der Waals surface area contributed by atoms with Crippen molar-refractivity contribution in [3.05, 3.63) is 83.4 Å². The van der Waals surface area contributed by atoms with E-state index in [1.807, 2.05) is 18.2 Å². The minimum atomic E-state index is -0.501. The monoisotopic (exact) mass is 474 g/mol. The number of amides is 1. The lowest BCUT2D eigenvalue weighted by Crippen LogP contribution is -2.24. The highest BCUT2D eigenvalue weighted by molar-refractivity contribution is 6.06. The number of hydrogen-bond donors (Lipinski definition) is 0. The second kappa shape index (κ2) is 10.3. The third-order valence-electron chi connectivity index (χ3n) is 5.74. The highest BCUT2D eigenvalue weighted by Crippen LogP contribution is 2.39. The Morgan fingerprint density at radius 2 is 1.60 bits per heavy atom. The fourth-order valence-electron chi connectivity index (χ4n) is 3.97. The van der Waals surface area contributed by atoms with Gasteiger partial charge in [-0.2, -0.15) is 5.10 Å². The van der Waals surface area contributed by atoms with E-state index >= 15 is 0 Å². The van der Waals surface area contributed by atoms with Crippen molar-refractivity contribution in [2.45, 2.75) is 19.4 Å². The number of hydrazone groups is 1. The van der Waals surface area contributed by atoms with Crippen LogP contribution in [0.2, 0.25) is 0 Å². The minimum Gasteiger partial charge on any atom is -0.497 e. The minimum absolute atomic E-state index is 0.212. The van der Waals surface area contributed by atoms with Crippen molar-refractivity contribution in [2.24, 2.45) is 5.10 Å². The van der Waals surface area contributed by atoms with Crippen molar-refractivity contribution in [3.8, 4) is 23.0 Å². The summed E-state index contributed by atoms with van der Waals surface area (Å²) in [5.41, 5.74) is 2.47. The lowest BCUT2D eigenvalue weighted by atomic mass is 9.97. The zero-order valence-electron chi connectivity index (χ0n) is 20.0. The molecule has 0 aliphatic carbocycles. The first-order valence-corrected chi connectivity index (χ1v) is 11.0. The molecular weight excluding hydrogens is 448 g/mol. The Kier molecular flexibility index (Phi) is 7.01. The molecule has 0 saturated carbocycles. The summed E-state index contributed by atoms with van der Waals surface area (Å²) in [7, 11) is 4.67. The summed E-state index contributed by atoms with van der Waals surface area (Å²) in [5, 5.41) is 6.04. The third kappa shape index (κ3) is 4.96. The fraction of sp³-hybridized carbons (Fsp3) is 0.222. The highest BCUT2D eigenvalue weighted by atomic mass is 16.5. The van der Waals surface area contributed by atoms with Gasteiger partial charge in [0.25, 0.3) is 0 Å². The lowest BCUT2D eigenvalue weighted by Gasteiger charge is -2.21. The maximum atomic E-state index is 12.8. The molecule has 3 aromatic rings. The van der Waals surface area contributed by atoms with Crippen LogP contribution in [0.1, 0.15) is 40.9 Å². The van der Waals surface area contributed by atoms with Gasteiger partial charge in [0.2, 0.25) is 5.91 Å². The maximum Gasteiger partial charge on any atom is 0.343 e. The van der Waals surface area contributed by atoms with Crippen molar-refractivity contribution in [2.75, 3.05) is 21.3 Å². The molecule has 35 heavy (non-hydrogen) atoms. The van der Waals surface area contributed by atoms with E-state index in [0.29, 0.717) is 46.3 Å². The molecule has 1 unspecified atom stereocenters. The molecular formula is C27H26N2O6. The van der Waals surface area contributed by atoms with E-state index in [1.54, 1.807) is 62.8 Å². The Labute approximate surface area is 203 Å². The van der Waals surface area contributed by atoms with E-state index < -0.39 is 5.97 Å². The zero-order chi connectivity index (χ0) is 24.9. The molecule has 1 amide bonds. The Hall–Kier alpha value is -4.33. The maximum absolute atomic E-state index is 12.8. The quantitative estimate of drug-likeness (QED) is 0.367. The van der Waals surface area contributed by atoms with E-state index in [1.165, 1.54) is 19.0 Å². The van der Waals surface area contributed by atoms with Gasteiger partial charge in [0.1, 0.15) is 11.5 Å². The van der Waals surface area contributed by atoms with Gasteiger partial charge in [0.15, 0.2) is 11.5 Å². The van der Waals surface area contributed by atoms with Crippen LogP contribution in [0.4, 0.5) is 0 Å². The molecule has 0 spiro atoms. The molecule has 1 aliphatic heterocycles. The van der Waals surface area contributed by atoms with Crippen molar-refractivity contribution in [1.29, 1.82) is 0 Å². The fourth-order valence-corrected chi connectivity index (χ4v) is 3.97. The summed E-state index contributed by atoms with van der Waals surface area (Å²) >= 11 is 0. The van der Waals surface area contributed by atoms with E-state index in [9.17, 15) is 9.59 Å². The average Bonchev–Trinajstić information content (AvgIpc) is 3.34. The first-order chi connectivity index (χ1) is 16.9. The van der Waals surface area contributed by atoms with Gasteiger partial charge in [-0.15, -0.1) is 0 Å². The van der Waals surface area contributed by atoms with Crippen molar-refractivity contribution in [1.82, 2.24) is 5.01 Å². The van der Waals surface area contributed by atoms with Crippen LogP contribution in [0.3, 0.4) is 0 Å². The predicted octanol–water partition coefficient (Wildman–Crippen LogP) is 4.63. The molecule has 1 atom stereocenters. The number of ether oxygens (including phenoxy) is 4. The van der Waals surface area contributed by atoms with Crippen LogP contribution < -0.4 is 18.9 Å². The molecule has 0 radical (unpaired) electrons. The van der Waals surface area contributed by atoms with Gasteiger partial charge in [0.05, 0.1) is 38.6 Å². The molecule has 0 bridgehead atoms. The van der Waals surface area contributed by atoms with Crippen molar-refractivity contribution in [3.63, 3.8) is 0 Å². The van der Waals surface area contributed by atoms with Crippen LogP contribution in [0.15, 0.2) is 71.8 Å². The van der Waals surface area contributed by atoms with Gasteiger partial charge in [-0.1, -0.05) is 24.3 Å². The molecule has 1 aliphatic rings. The first kappa shape index (κ1) is 23.8. The lowest BCUT2D eigenvalue weighted by molar-refractivity contribution is -0.130. The van der Waals surface area contributed by atoms with Gasteiger partial charge in [-0.25, -0.2) is 9.80 Å². The van der Waals surface area contributed by atoms with Crippen LogP contribution in [-0.4, -0.2) is 43.9 Å². The molecule has 0 aromatic heterocycles. The van der Waals surface area contributed by atoms with E-state index in [-0.39, 0.29) is 11.9 Å². The summed E-state index contributed by atoms with van der Waals surface area (Å²) in [6.45, 7) is 1.46. The normalized spacial score (nSPS) is 14.8. The SMILES string of the molecule is COc1ccc(C2=NN(C(C)=O)C(c3ccc(OC)c(OC)c3)C2)c(OC(=O)c2ccccc2)c1. The number of carbonyl (C=O) groups is 2. The molecule has 8 heteroatoms. The second-order valence-electron chi connectivity index (χ2n) is 7.86. The van der Waals surface area contributed by atoms with E-state index in [2.05, 4.69) is 5.10 Å². The Bertz CT molecular complexity index is 1270. The number of rotatable bonds is 7.